The lowest BCUT2D eigenvalue weighted by atomic mass is 10.3. The molecule has 0 fully saturated rings. The number of nitrogen functional groups attached to an aromatic ring is 1. The van der Waals surface area contributed by atoms with E-state index in [-0.39, 0.29) is 17.1 Å². The molecule has 0 bridgehead atoms. The van der Waals surface area contributed by atoms with Gasteiger partial charge in [-0.2, -0.15) is 11.8 Å². The van der Waals surface area contributed by atoms with Crippen molar-refractivity contribution in [3.8, 4) is 0 Å². The number of halogens is 1. The number of nitrogens with one attached hydrogen (secondary N) is 1. The lowest BCUT2D eigenvalue weighted by Crippen LogP contribution is -2.26. The highest BCUT2D eigenvalue weighted by atomic mass is 32.2. The molecular weight excluding hydrogens is 251 g/mol. The Morgan fingerprint density at radius 3 is 2.75 bits per heavy atom. The minimum Gasteiger partial charge on any atom is -0.399 e. The van der Waals surface area contributed by atoms with Gasteiger partial charge in [0.15, 0.2) is 0 Å². The first-order chi connectivity index (χ1) is 7.47. The summed E-state index contributed by atoms with van der Waals surface area (Å²) >= 11 is 1.50. The van der Waals surface area contributed by atoms with Crippen molar-refractivity contribution >= 4 is 27.5 Å². The van der Waals surface area contributed by atoms with Crippen molar-refractivity contribution in [2.75, 3.05) is 24.3 Å². The molecule has 0 spiro atoms. The SMILES string of the molecule is CSCCNS(=O)(=O)c1ccc(N)cc1F. The molecule has 0 aliphatic rings. The molecule has 4 nitrogen and oxygen atoms in total. The molecule has 0 aliphatic carbocycles. The molecule has 0 atom stereocenters. The second kappa shape index (κ2) is 5.51. The van der Waals surface area contributed by atoms with E-state index in [1.54, 1.807) is 0 Å². The number of hydrogen-bond donors (Lipinski definition) is 2. The Hall–Kier alpha value is -0.790. The summed E-state index contributed by atoms with van der Waals surface area (Å²) in [6.45, 7) is 0.271. The average molecular weight is 264 g/mol. The van der Waals surface area contributed by atoms with Gasteiger partial charge in [-0.05, 0) is 24.5 Å². The maximum absolute atomic E-state index is 13.4. The van der Waals surface area contributed by atoms with Gasteiger partial charge in [-0.25, -0.2) is 17.5 Å². The largest absolute Gasteiger partial charge is 0.399 e. The number of rotatable bonds is 5. The minimum absolute atomic E-state index is 0.195. The van der Waals surface area contributed by atoms with Crippen LogP contribution in [-0.4, -0.2) is 27.0 Å². The lowest BCUT2D eigenvalue weighted by molar-refractivity contribution is 0.559. The van der Waals surface area contributed by atoms with Crippen LogP contribution in [0.4, 0.5) is 10.1 Å². The van der Waals surface area contributed by atoms with Gasteiger partial charge in [0.25, 0.3) is 0 Å². The van der Waals surface area contributed by atoms with Gasteiger partial charge >= 0.3 is 0 Å². The zero-order valence-corrected chi connectivity index (χ0v) is 10.4. The molecule has 90 valence electrons. The predicted octanol–water partition coefficient (Wildman–Crippen LogP) is 1.05. The molecule has 0 aromatic heterocycles. The zero-order chi connectivity index (χ0) is 12.2. The number of hydrogen-bond acceptors (Lipinski definition) is 4. The highest BCUT2D eigenvalue weighted by Crippen LogP contribution is 2.16. The fourth-order valence-corrected chi connectivity index (χ4v) is 2.62. The fourth-order valence-electron chi connectivity index (χ4n) is 1.09. The van der Waals surface area contributed by atoms with Gasteiger partial charge in [0.05, 0.1) is 0 Å². The molecular formula is C9H13FN2O2S2. The van der Waals surface area contributed by atoms with Crippen LogP contribution in [0, 0.1) is 5.82 Å². The van der Waals surface area contributed by atoms with Crippen molar-refractivity contribution in [2.45, 2.75) is 4.90 Å². The molecule has 0 amide bonds. The van der Waals surface area contributed by atoms with Gasteiger partial charge in [0, 0.05) is 18.0 Å². The van der Waals surface area contributed by atoms with E-state index in [1.807, 2.05) is 6.26 Å². The predicted molar refractivity (Wildman–Crippen MR) is 64.4 cm³/mol. The maximum atomic E-state index is 13.4. The highest BCUT2D eigenvalue weighted by molar-refractivity contribution is 7.98. The Morgan fingerprint density at radius 2 is 2.19 bits per heavy atom. The van der Waals surface area contributed by atoms with E-state index < -0.39 is 15.8 Å². The van der Waals surface area contributed by atoms with E-state index in [1.165, 1.54) is 17.8 Å². The Bertz CT molecular complexity index is 463. The van der Waals surface area contributed by atoms with E-state index in [0.717, 1.165) is 12.1 Å². The standard InChI is InChI=1S/C9H13FN2O2S2/c1-15-5-4-12-16(13,14)9-3-2-7(11)6-8(9)10/h2-3,6,12H,4-5,11H2,1H3. The lowest BCUT2D eigenvalue weighted by Gasteiger charge is -2.07. The summed E-state index contributed by atoms with van der Waals surface area (Å²) in [7, 11) is -3.77. The minimum atomic E-state index is -3.77. The van der Waals surface area contributed by atoms with Crippen LogP contribution in [0.3, 0.4) is 0 Å². The van der Waals surface area contributed by atoms with E-state index >= 15 is 0 Å². The molecule has 1 aromatic rings. The van der Waals surface area contributed by atoms with Crippen LogP contribution in [0.1, 0.15) is 0 Å². The topological polar surface area (TPSA) is 72.2 Å². The molecule has 3 N–H and O–H groups in total. The number of nitrogens with two attached hydrogens (primary N) is 1. The van der Waals surface area contributed by atoms with E-state index in [9.17, 15) is 12.8 Å². The normalized spacial score (nSPS) is 11.6. The number of anilines is 1. The Labute approximate surface area is 98.5 Å². The second-order valence-corrected chi connectivity index (χ2v) is 5.80. The quantitative estimate of drug-likeness (QED) is 0.616. The second-order valence-electron chi connectivity index (χ2n) is 3.08. The third-order valence-electron chi connectivity index (χ3n) is 1.84. The molecule has 7 heteroatoms. The monoisotopic (exact) mass is 264 g/mol. The Morgan fingerprint density at radius 1 is 1.50 bits per heavy atom. The molecule has 0 unspecified atom stereocenters. The fraction of sp³-hybridized carbons (Fsp3) is 0.333. The summed E-state index contributed by atoms with van der Waals surface area (Å²) in [6.07, 6.45) is 1.86. The van der Waals surface area contributed by atoms with Crippen molar-refractivity contribution in [3.63, 3.8) is 0 Å². The van der Waals surface area contributed by atoms with Gasteiger partial charge in [0.2, 0.25) is 10.0 Å². The third kappa shape index (κ3) is 3.36. The first-order valence-electron chi connectivity index (χ1n) is 4.51. The molecule has 1 aromatic carbocycles. The molecule has 0 saturated carbocycles. The number of benzene rings is 1. The highest BCUT2D eigenvalue weighted by Gasteiger charge is 2.18. The molecule has 1 rings (SSSR count). The first-order valence-corrected chi connectivity index (χ1v) is 7.38. The van der Waals surface area contributed by atoms with Crippen molar-refractivity contribution in [1.29, 1.82) is 0 Å². The van der Waals surface area contributed by atoms with Gasteiger partial charge < -0.3 is 5.73 Å². The number of thioether (sulfide) groups is 1. The molecule has 0 aliphatic heterocycles. The summed E-state index contributed by atoms with van der Waals surface area (Å²) in [5.74, 6) is -0.202. The molecule has 16 heavy (non-hydrogen) atoms. The van der Waals surface area contributed by atoms with Crippen molar-refractivity contribution in [1.82, 2.24) is 4.72 Å². The first kappa shape index (κ1) is 13.3. The van der Waals surface area contributed by atoms with Gasteiger partial charge in [0.1, 0.15) is 10.7 Å². The summed E-state index contributed by atoms with van der Waals surface area (Å²) in [5, 5.41) is 0. The molecule has 0 heterocycles. The number of sulfonamides is 1. The van der Waals surface area contributed by atoms with Crippen LogP contribution < -0.4 is 10.5 Å². The smallest absolute Gasteiger partial charge is 0.243 e. The van der Waals surface area contributed by atoms with Crippen LogP contribution in [0.2, 0.25) is 0 Å². The molecule has 0 saturated heterocycles. The average Bonchev–Trinajstić information content (AvgIpc) is 2.17. The van der Waals surface area contributed by atoms with Crippen LogP contribution in [0.5, 0.6) is 0 Å². The van der Waals surface area contributed by atoms with E-state index in [0.29, 0.717) is 5.75 Å². The van der Waals surface area contributed by atoms with Gasteiger partial charge in [-0.1, -0.05) is 0 Å². The van der Waals surface area contributed by atoms with Crippen molar-refractivity contribution in [2.24, 2.45) is 0 Å². The summed E-state index contributed by atoms with van der Waals surface area (Å²) in [4.78, 5) is -0.372. The molecule has 0 radical (unpaired) electrons. The Kier molecular flexibility index (Phi) is 4.57. The van der Waals surface area contributed by atoms with Crippen molar-refractivity contribution < 1.29 is 12.8 Å². The maximum Gasteiger partial charge on any atom is 0.243 e. The zero-order valence-electron chi connectivity index (χ0n) is 8.73. The Balaban J connectivity index is 2.90. The summed E-state index contributed by atoms with van der Waals surface area (Å²) < 4.78 is 38.9. The van der Waals surface area contributed by atoms with Crippen LogP contribution in [-0.2, 0) is 10.0 Å². The van der Waals surface area contributed by atoms with Crippen LogP contribution in [0.15, 0.2) is 23.1 Å². The summed E-state index contributed by atoms with van der Waals surface area (Å²) in [6, 6.07) is 3.50. The van der Waals surface area contributed by atoms with E-state index in [4.69, 9.17) is 5.73 Å². The van der Waals surface area contributed by atoms with Crippen molar-refractivity contribution in [3.05, 3.63) is 24.0 Å². The van der Waals surface area contributed by atoms with Crippen LogP contribution >= 0.6 is 11.8 Å². The third-order valence-corrected chi connectivity index (χ3v) is 3.95. The summed E-state index contributed by atoms with van der Waals surface area (Å²) in [5.41, 5.74) is 5.53. The van der Waals surface area contributed by atoms with E-state index in [2.05, 4.69) is 4.72 Å². The van der Waals surface area contributed by atoms with Crippen LogP contribution in [0.25, 0.3) is 0 Å². The van der Waals surface area contributed by atoms with Gasteiger partial charge in [-0.15, -0.1) is 0 Å². The van der Waals surface area contributed by atoms with Gasteiger partial charge in [-0.3, -0.25) is 0 Å².